The van der Waals surface area contributed by atoms with Crippen LogP contribution >= 0.6 is 23.2 Å². The van der Waals surface area contributed by atoms with Gasteiger partial charge in [-0.15, -0.1) is 0 Å². The van der Waals surface area contributed by atoms with Gasteiger partial charge in [-0.05, 0) is 0 Å². The number of aliphatic hydroxyl groups excluding tert-OH is 1. The maximum atomic E-state index is 9.44. The number of aliphatic carboxylic acids is 2. The summed E-state index contributed by atoms with van der Waals surface area (Å²) in [6, 6.07) is 0. The van der Waals surface area contributed by atoms with Crippen LogP contribution in [0.25, 0.3) is 0 Å². The molecule has 0 saturated heterocycles. The molecule has 0 aromatic rings. The molecule has 4 N–H and O–H groups in total. The van der Waals surface area contributed by atoms with Gasteiger partial charge in [0.1, 0.15) is 6.61 Å². The predicted molar refractivity (Wildman–Crippen MR) is 46.5 cm³/mol. The van der Waals surface area contributed by atoms with Crippen LogP contribution in [-0.4, -0.2) is 50.3 Å². The molecule has 0 radical (unpaired) electrons. The molecule has 14 heavy (non-hydrogen) atoms. The van der Waals surface area contributed by atoms with Crippen LogP contribution in [0.15, 0.2) is 0 Å². The van der Waals surface area contributed by atoms with Crippen molar-refractivity contribution < 1.29 is 34.8 Å². The van der Waals surface area contributed by atoms with Crippen molar-refractivity contribution in [1.82, 2.24) is 0 Å². The number of alkyl halides is 2. The minimum atomic E-state index is -1.29. The van der Waals surface area contributed by atoms with E-state index in [1.165, 1.54) is 0 Å². The van der Waals surface area contributed by atoms with Gasteiger partial charge in [-0.2, -0.15) is 0 Å². The number of aliphatic hydroxyl groups is 1. The average molecular weight is 251 g/mol. The Labute approximate surface area is 88.5 Å². The van der Waals surface area contributed by atoms with Gasteiger partial charge in [0.05, 0.1) is 0 Å². The molecule has 0 saturated carbocycles. The third kappa shape index (κ3) is 44.2. The van der Waals surface area contributed by atoms with E-state index < -0.39 is 23.4 Å². The molecule has 0 amide bonds. The van der Waals surface area contributed by atoms with Crippen LogP contribution < -0.4 is 0 Å². The van der Waals surface area contributed by atoms with Crippen LogP contribution in [0.5, 0.6) is 0 Å². The second-order valence-electron chi connectivity index (χ2n) is 1.30. The van der Waals surface area contributed by atoms with Crippen molar-refractivity contribution in [3.05, 3.63) is 0 Å². The summed E-state index contributed by atoms with van der Waals surface area (Å²) >= 11 is 9.56. The lowest BCUT2D eigenvalue weighted by molar-refractivity contribution is -0.140. The van der Waals surface area contributed by atoms with Crippen LogP contribution in [-0.2, 0) is 14.4 Å². The molecule has 0 heterocycles. The summed E-state index contributed by atoms with van der Waals surface area (Å²) in [5.41, 5.74) is 0. The van der Waals surface area contributed by atoms with Gasteiger partial charge in [0.2, 0.25) is 4.84 Å². The Hall–Kier alpha value is -1.05. The summed E-state index contributed by atoms with van der Waals surface area (Å²) in [6.45, 7) is -1.03. The van der Waals surface area contributed by atoms with E-state index in [0.717, 1.165) is 0 Å². The highest BCUT2D eigenvalue weighted by Gasteiger charge is 2.05. The standard InChI is InChI=1S/C2H2Cl2O2.C2H4O3.CH2O2/c3-1(4)2(5)6;3-1-2(4)5;2-1-3/h1H,(H,5,6);3H,1H2,(H,4,5);1H,(H,2,3). The van der Waals surface area contributed by atoms with Crippen LogP contribution in [0, 0.1) is 0 Å². The highest BCUT2D eigenvalue weighted by molar-refractivity contribution is 6.52. The number of carbonyl (C=O) groups is 3. The first-order valence-corrected chi connectivity index (χ1v) is 3.62. The Bertz CT molecular complexity index is 169. The number of carboxylic acids is 2. The molecule has 0 atom stereocenters. The minimum Gasteiger partial charge on any atom is -0.483 e. The molecule has 9 heteroatoms. The monoisotopic (exact) mass is 250 g/mol. The maximum absolute atomic E-state index is 9.44. The van der Waals surface area contributed by atoms with Crippen LogP contribution in [0.2, 0.25) is 0 Å². The van der Waals surface area contributed by atoms with Crippen molar-refractivity contribution in [2.45, 2.75) is 4.84 Å². The Morgan fingerprint density at radius 3 is 1.43 bits per heavy atom. The predicted octanol–water partition coefficient (Wildman–Crippen LogP) is -0.361. The first-order chi connectivity index (χ1) is 6.33. The first-order valence-electron chi connectivity index (χ1n) is 2.74. The Kier molecular flexibility index (Phi) is 19.3. The fourth-order valence-electron chi connectivity index (χ4n) is 0. The first kappa shape index (κ1) is 18.7. The van der Waals surface area contributed by atoms with Crippen molar-refractivity contribution in [2.24, 2.45) is 0 Å². The molecule has 0 aliphatic heterocycles. The molecule has 0 rings (SSSR count). The third-order valence-corrected chi connectivity index (χ3v) is 0.695. The van der Waals surface area contributed by atoms with E-state index in [9.17, 15) is 4.79 Å². The van der Waals surface area contributed by atoms with Gasteiger partial charge in [-0.25, -0.2) is 9.59 Å². The molecule has 0 bridgehead atoms. The Morgan fingerprint density at radius 1 is 1.29 bits per heavy atom. The Balaban J connectivity index is -0.000000138. The zero-order valence-electron chi connectivity index (χ0n) is 6.63. The molecule has 7 nitrogen and oxygen atoms in total. The van der Waals surface area contributed by atoms with Crippen molar-refractivity contribution in [3.63, 3.8) is 0 Å². The number of rotatable bonds is 2. The quantitative estimate of drug-likeness (QED) is 0.389. The number of hydrogen-bond acceptors (Lipinski definition) is 4. The fourth-order valence-corrected chi connectivity index (χ4v) is 0. The van der Waals surface area contributed by atoms with Crippen LogP contribution in [0.4, 0.5) is 0 Å². The summed E-state index contributed by atoms with van der Waals surface area (Å²) in [4.78, 5) is 25.6. The van der Waals surface area contributed by atoms with Gasteiger partial charge in [-0.1, -0.05) is 23.2 Å². The zero-order chi connectivity index (χ0) is 12.1. The van der Waals surface area contributed by atoms with Gasteiger partial charge >= 0.3 is 11.9 Å². The van der Waals surface area contributed by atoms with Gasteiger partial charge in [-0.3, -0.25) is 4.79 Å². The summed E-state index contributed by atoms with van der Waals surface area (Å²) < 4.78 is 0. The zero-order valence-corrected chi connectivity index (χ0v) is 8.14. The summed E-state index contributed by atoms with van der Waals surface area (Å²) in [7, 11) is 0. The van der Waals surface area contributed by atoms with Crippen LogP contribution in [0.1, 0.15) is 0 Å². The largest absolute Gasteiger partial charge is 0.483 e. The summed E-state index contributed by atoms with van der Waals surface area (Å²) in [5, 5.41) is 29.6. The second kappa shape index (κ2) is 14.5. The van der Waals surface area contributed by atoms with E-state index in [4.69, 9.17) is 53.2 Å². The molecule has 0 aliphatic rings. The highest BCUT2D eigenvalue weighted by atomic mass is 35.5. The molecule has 0 unspecified atom stereocenters. The van der Waals surface area contributed by atoms with Crippen molar-refractivity contribution in [2.75, 3.05) is 6.61 Å². The van der Waals surface area contributed by atoms with E-state index in [-0.39, 0.29) is 6.47 Å². The molecule has 0 aliphatic carbocycles. The van der Waals surface area contributed by atoms with E-state index in [1.54, 1.807) is 0 Å². The highest BCUT2D eigenvalue weighted by Crippen LogP contribution is 1.98. The molecule has 0 aromatic carbocycles. The second-order valence-corrected chi connectivity index (χ2v) is 2.39. The van der Waals surface area contributed by atoms with E-state index in [1.807, 2.05) is 0 Å². The molecular formula is C5H8Cl2O7. The number of carboxylic acid groups (broad SMARTS) is 3. The van der Waals surface area contributed by atoms with E-state index in [2.05, 4.69) is 0 Å². The minimum absolute atomic E-state index is 0.250. The SMILES string of the molecule is O=C(O)C(Cl)Cl.O=C(O)CO.O=CO. The molecule has 0 fully saturated rings. The lowest BCUT2D eigenvalue weighted by Crippen LogP contribution is -2.03. The van der Waals surface area contributed by atoms with E-state index in [0.29, 0.717) is 0 Å². The van der Waals surface area contributed by atoms with Crippen molar-refractivity contribution in [1.29, 1.82) is 0 Å². The van der Waals surface area contributed by atoms with Crippen molar-refractivity contribution in [3.8, 4) is 0 Å². The normalized spacial score (nSPS) is 7.43. The third-order valence-electron chi connectivity index (χ3n) is 0.322. The topological polar surface area (TPSA) is 132 Å². The average Bonchev–Trinajstić information content (AvgIpc) is 2.06. The lowest BCUT2D eigenvalue weighted by Gasteiger charge is -1.84. The molecular weight excluding hydrogens is 243 g/mol. The summed E-state index contributed by atoms with van der Waals surface area (Å²) in [5.74, 6) is -2.40. The molecule has 0 spiro atoms. The summed E-state index contributed by atoms with van der Waals surface area (Å²) in [6.07, 6.45) is 0. The molecule has 0 aromatic heterocycles. The van der Waals surface area contributed by atoms with E-state index >= 15 is 0 Å². The molecule has 84 valence electrons. The lowest BCUT2D eigenvalue weighted by atomic mass is 10.8. The fraction of sp³-hybridized carbons (Fsp3) is 0.400. The number of halogens is 2. The van der Waals surface area contributed by atoms with Gasteiger partial charge in [0.15, 0.2) is 0 Å². The van der Waals surface area contributed by atoms with Gasteiger partial charge in [0.25, 0.3) is 6.47 Å². The Morgan fingerprint density at radius 2 is 1.43 bits per heavy atom. The van der Waals surface area contributed by atoms with Gasteiger partial charge in [0, 0.05) is 0 Å². The smallest absolute Gasteiger partial charge is 0.337 e. The van der Waals surface area contributed by atoms with Crippen molar-refractivity contribution >= 4 is 41.6 Å². The maximum Gasteiger partial charge on any atom is 0.337 e. The number of hydrogen-bond donors (Lipinski definition) is 4. The van der Waals surface area contributed by atoms with Crippen LogP contribution in [0.3, 0.4) is 0 Å². The van der Waals surface area contributed by atoms with Gasteiger partial charge < -0.3 is 20.4 Å².